The molecule has 0 spiro atoms. The Hall–Kier alpha value is -5.57. The van der Waals surface area contributed by atoms with E-state index in [0.29, 0.717) is 16.9 Å². The third-order valence-corrected chi connectivity index (χ3v) is 9.15. The van der Waals surface area contributed by atoms with Crippen LogP contribution in [-0.4, -0.2) is 69.8 Å². The van der Waals surface area contributed by atoms with E-state index < -0.39 is 52.4 Å². The molecule has 2 atom stereocenters. The smallest absolute Gasteiger partial charge is 0.408 e. The number of furan rings is 1. The van der Waals surface area contributed by atoms with Gasteiger partial charge in [0.05, 0.1) is 12.1 Å². The largest absolute Gasteiger partial charge is 0.457 e. The highest BCUT2D eigenvalue weighted by molar-refractivity contribution is 8.00. The third kappa shape index (κ3) is 7.52. The number of alkyl carbamates (subject to hydrolysis) is 1. The van der Waals surface area contributed by atoms with Gasteiger partial charge in [-0.05, 0) is 51.0 Å². The highest BCUT2D eigenvalue weighted by atomic mass is 32.2. The van der Waals surface area contributed by atoms with Gasteiger partial charge in [0.15, 0.2) is 11.9 Å². The monoisotopic (exact) mass is 703 g/mol. The Morgan fingerprint density at radius 2 is 1.66 bits per heavy atom. The van der Waals surface area contributed by atoms with Crippen molar-refractivity contribution < 1.29 is 42.7 Å². The van der Waals surface area contributed by atoms with Crippen LogP contribution in [0.4, 0.5) is 4.79 Å². The lowest BCUT2D eigenvalue weighted by Gasteiger charge is -2.55. The zero-order valence-electron chi connectivity index (χ0n) is 28.1. The molecule has 1 aromatic heterocycles. The Morgan fingerprint density at radius 1 is 1.04 bits per heavy atom. The lowest BCUT2D eigenvalue weighted by atomic mass is 9.87. The molecule has 1 fully saturated rings. The molecule has 2 aliphatic heterocycles. The number of hydrogen-bond donors (Lipinski definition) is 3. The number of β-lactam (4-membered cyclic amide) rings is 1. The van der Waals surface area contributed by atoms with Crippen LogP contribution in [-0.2, 0) is 40.0 Å². The first kappa shape index (κ1) is 35.7. The van der Waals surface area contributed by atoms with Gasteiger partial charge in [-0.15, -0.1) is 11.8 Å². The number of rotatable bonds is 11. The summed E-state index contributed by atoms with van der Waals surface area (Å²) in [6.07, 6.45) is -1.51. The first-order valence-electron chi connectivity index (χ1n) is 15.5. The maximum absolute atomic E-state index is 13.9. The van der Waals surface area contributed by atoms with Crippen molar-refractivity contribution in [2.75, 3.05) is 12.9 Å². The molecule has 3 heterocycles. The number of esters is 1. The van der Waals surface area contributed by atoms with Crippen LogP contribution in [0.5, 0.6) is 0 Å². The first-order chi connectivity index (χ1) is 23.7. The van der Waals surface area contributed by atoms with E-state index in [4.69, 9.17) is 24.5 Å². The van der Waals surface area contributed by atoms with Gasteiger partial charge in [0.2, 0.25) is 11.6 Å². The molecule has 0 saturated carbocycles. The van der Waals surface area contributed by atoms with Crippen molar-refractivity contribution >= 4 is 47.3 Å². The minimum atomic E-state index is -1.54. The van der Waals surface area contributed by atoms with Crippen LogP contribution in [0.1, 0.15) is 56.4 Å². The number of benzene rings is 2. The summed E-state index contributed by atoms with van der Waals surface area (Å²) in [5.41, 5.74) is 4.14. The Kier molecular flexibility index (Phi) is 10.4. The summed E-state index contributed by atoms with van der Waals surface area (Å²) in [6, 6.07) is 21.1. The fourth-order valence-electron chi connectivity index (χ4n) is 5.42. The summed E-state index contributed by atoms with van der Waals surface area (Å²) in [5, 5.41) is 8.27. The van der Waals surface area contributed by atoms with Crippen molar-refractivity contribution in [1.29, 1.82) is 0 Å². The number of amides is 4. The second kappa shape index (κ2) is 14.5. The molecule has 4 amide bonds. The zero-order valence-corrected chi connectivity index (χ0v) is 28.9. The van der Waals surface area contributed by atoms with Gasteiger partial charge in [-0.3, -0.25) is 19.3 Å². The van der Waals surface area contributed by atoms with Crippen LogP contribution in [0, 0.1) is 0 Å². The second-order valence-electron chi connectivity index (χ2n) is 12.5. The van der Waals surface area contributed by atoms with Crippen LogP contribution in [0.15, 0.2) is 93.6 Å². The van der Waals surface area contributed by atoms with Crippen molar-refractivity contribution in [2.45, 2.75) is 56.9 Å². The van der Waals surface area contributed by atoms with Crippen LogP contribution in [0.3, 0.4) is 0 Å². The number of ether oxygens (including phenoxy) is 2. The normalized spacial score (nSPS) is 18.9. The van der Waals surface area contributed by atoms with E-state index in [0.717, 1.165) is 16.7 Å². The van der Waals surface area contributed by atoms with E-state index in [2.05, 4.69) is 15.8 Å². The van der Waals surface area contributed by atoms with E-state index in [9.17, 15) is 24.0 Å². The van der Waals surface area contributed by atoms with E-state index >= 15 is 0 Å². The standard InChI is InChI=1S/C35H37N5O9S/c1-34(2,3)49-33(45)37-18-22-16-17-24(47-22)25(39-46-5)29(42)38-35(4)31(44)40-26(23(28(36)41)19-50-32(35)40)30(43)48-27(20-12-8-6-9-13-20)21-14-10-7-11-15-21/h6-17,27,32H,18-19H2,1-5H3,(H2,36,41)(H,37,45)(H,38,42)/t32-,35+/m0/s1. The van der Waals surface area contributed by atoms with E-state index in [1.165, 1.54) is 26.2 Å². The first-order valence-corrected chi connectivity index (χ1v) is 16.6. The number of nitrogens with zero attached hydrogens (tertiary/aromatic N) is 2. The van der Waals surface area contributed by atoms with Crippen LogP contribution >= 0.6 is 11.8 Å². The Balaban J connectivity index is 1.35. The summed E-state index contributed by atoms with van der Waals surface area (Å²) in [7, 11) is 1.24. The quantitative estimate of drug-likeness (QED) is 0.115. The maximum Gasteiger partial charge on any atom is 0.408 e. The van der Waals surface area contributed by atoms with Gasteiger partial charge < -0.3 is 35.1 Å². The average Bonchev–Trinajstić information content (AvgIpc) is 3.56. The lowest BCUT2D eigenvalue weighted by molar-refractivity contribution is -0.160. The summed E-state index contributed by atoms with van der Waals surface area (Å²) >= 11 is 1.15. The number of hydrogen-bond acceptors (Lipinski definition) is 11. The van der Waals surface area contributed by atoms with E-state index in [1.807, 2.05) is 12.1 Å². The highest BCUT2D eigenvalue weighted by Crippen LogP contribution is 2.46. The molecule has 2 aliphatic rings. The summed E-state index contributed by atoms with van der Waals surface area (Å²) in [4.78, 5) is 72.0. The van der Waals surface area contributed by atoms with Gasteiger partial charge in [0, 0.05) is 5.75 Å². The number of primary amides is 1. The number of carbonyl (C=O) groups is 5. The van der Waals surface area contributed by atoms with Crippen LogP contribution < -0.4 is 16.4 Å². The minimum Gasteiger partial charge on any atom is -0.457 e. The molecule has 5 rings (SSSR count). The number of thioether (sulfide) groups is 1. The van der Waals surface area contributed by atoms with Crippen molar-refractivity contribution in [3.63, 3.8) is 0 Å². The molecule has 3 aromatic rings. The second-order valence-corrected chi connectivity index (χ2v) is 13.6. The summed E-state index contributed by atoms with van der Waals surface area (Å²) < 4.78 is 17.0. The van der Waals surface area contributed by atoms with Gasteiger partial charge in [-0.2, -0.15) is 0 Å². The molecule has 1 saturated heterocycles. The van der Waals surface area contributed by atoms with Crippen LogP contribution in [0.25, 0.3) is 0 Å². The van der Waals surface area contributed by atoms with Gasteiger partial charge >= 0.3 is 12.1 Å². The number of oxime groups is 1. The SMILES string of the molecule is CON=C(C(=O)N[C@]1(C)C(=O)N2C(C(=O)OC(c3ccccc3)c3ccccc3)=C(C(N)=O)CS[C@H]21)c1ccc(CNC(=O)OC(C)(C)C)o1. The summed E-state index contributed by atoms with van der Waals surface area (Å²) in [5.74, 6) is -3.02. The fraction of sp³-hybridized carbons (Fsp3) is 0.314. The van der Waals surface area contributed by atoms with Crippen molar-refractivity contribution in [3.8, 4) is 0 Å². The fourth-order valence-corrected chi connectivity index (χ4v) is 6.87. The predicted octanol–water partition coefficient (Wildman–Crippen LogP) is 3.52. The average molecular weight is 704 g/mol. The number of fused-ring (bicyclic) bond motifs is 1. The van der Waals surface area contributed by atoms with E-state index in [1.54, 1.807) is 69.3 Å². The zero-order chi connectivity index (χ0) is 36.2. The Labute approximate surface area is 292 Å². The molecule has 0 radical (unpaired) electrons. The summed E-state index contributed by atoms with van der Waals surface area (Å²) in [6.45, 7) is 6.65. The van der Waals surface area contributed by atoms with Gasteiger partial charge in [0.1, 0.15) is 35.1 Å². The molecular weight excluding hydrogens is 666 g/mol. The number of nitrogens with one attached hydrogen (secondary N) is 2. The highest BCUT2D eigenvalue weighted by Gasteiger charge is 2.63. The van der Waals surface area contributed by atoms with Crippen LogP contribution in [0.2, 0.25) is 0 Å². The number of carbonyl (C=O) groups excluding carboxylic acids is 5. The van der Waals surface area contributed by atoms with Gasteiger partial charge in [-0.1, -0.05) is 65.8 Å². The predicted molar refractivity (Wildman–Crippen MR) is 182 cm³/mol. The maximum atomic E-state index is 13.9. The molecule has 262 valence electrons. The topological polar surface area (TPSA) is 192 Å². The molecule has 50 heavy (non-hydrogen) atoms. The van der Waals surface area contributed by atoms with Crippen molar-refractivity contribution in [1.82, 2.24) is 15.5 Å². The Morgan fingerprint density at radius 3 is 2.22 bits per heavy atom. The third-order valence-electron chi connectivity index (χ3n) is 7.70. The molecule has 0 bridgehead atoms. The molecule has 14 nitrogen and oxygen atoms in total. The molecule has 2 aromatic carbocycles. The minimum absolute atomic E-state index is 0.00177. The Bertz CT molecular complexity index is 1810. The lowest BCUT2D eigenvalue weighted by Crippen LogP contribution is -2.79. The van der Waals surface area contributed by atoms with Crippen molar-refractivity contribution in [2.24, 2.45) is 10.9 Å². The van der Waals surface area contributed by atoms with Gasteiger partial charge in [-0.25, -0.2) is 9.59 Å². The molecule has 0 aliphatic carbocycles. The van der Waals surface area contributed by atoms with E-state index in [-0.39, 0.29) is 35.0 Å². The molecule has 4 N–H and O–H groups in total. The van der Waals surface area contributed by atoms with Gasteiger partial charge in [0.25, 0.3) is 11.8 Å². The molecule has 0 unspecified atom stereocenters. The number of nitrogens with two attached hydrogens (primary N) is 1. The van der Waals surface area contributed by atoms with Crippen molar-refractivity contribution in [3.05, 3.63) is 107 Å². The molecule has 15 heteroatoms. The molecular formula is C35H37N5O9S.